The van der Waals surface area contributed by atoms with E-state index in [-0.39, 0.29) is 0 Å². The Morgan fingerprint density at radius 1 is 1.22 bits per heavy atom. The van der Waals surface area contributed by atoms with Gasteiger partial charge >= 0.3 is 0 Å². The molecule has 18 heavy (non-hydrogen) atoms. The average molecular weight is 304 g/mol. The van der Waals surface area contributed by atoms with Gasteiger partial charge in [0.2, 0.25) is 0 Å². The van der Waals surface area contributed by atoms with Gasteiger partial charge in [-0.05, 0) is 30.5 Å². The highest BCUT2D eigenvalue weighted by Gasteiger charge is 2.05. The molecule has 0 N–H and O–H groups in total. The molecule has 0 atom stereocenters. The van der Waals surface area contributed by atoms with E-state index < -0.39 is 0 Å². The molecule has 0 bridgehead atoms. The minimum absolute atomic E-state index is 0.855. The van der Waals surface area contributed by atoms with Crippen molar-refractivity contribution in [1.82, 2.24) is 14.1 Å². The fourth-order valence-electron chi connectivity index (χ4n) is 2.23. The summed E-state index contributed by atoms with van der Waals surface area (Å²) in [4.78, 5) is 4.21. The highest BCUT2D eigenvalue weighted by Crippen LogP contribution is 2.21. The molecule has 0 saturated heterocycles. The van der Waals surface area contributed by atoms with Crippen LogP contribution in [0.5, 0.6) is 0 Å². The summed E-state index contributed by atoms with van der Waals surface area (Å²) < 4.78 is 5.53. The topological polar surface area (TPSA) is 22.8 Å². The van der Waals surface area contributed by atoms with E-state index in [4.69, 9.17) is 0 Å². The minimum Gasteiger partial charge on any atom is -0.341 e. The lowest BCUT2D eigenvalue weighted by atomic mass is 10.2. The first-order valence-corrected chi connectivity index (χ1v) is 6.80. The van der Waals surface area contributed by atoms with Gasteiger partial charge in [0.15, 0.2) is 0 Å². The van der Waals surface area contributed by atoms with Crippen molar-refractivity contribution >= 4 is 26.8 Å². The van der Waals surface area contributed by atoms with E-state index in [9.17, 15) is 0 Å². The molecule has 0 aliphatic rings. The van der Waals surface area contributed by atoms with Gasteiger partial charge in [-0.1, -0.05) is 22.0 Å². The SMILES string of the molecule is CCn1cncc1Cn1ccc2ccc(Br)cc21. The number of halogens is 1. The third-order valence-electron chi connectivity index (χ3n) is 3.21. The Labute approximate surface area is 114 Å². The first kappa shape index (κ1) is 11.5. The molecule has 0 unspecified atom stereocenters. The highest BCUT2D eigenvalue weighted by atomic mass is 79.9. The number of imidazole rings is 1. The van der Waals surface area contributed by atoms with Crippen LogP contribution in [-0.2, 0) is 13.1 Å². The van der Waals surface area contributed by atoms with Crippen LogP contribution in [0.2, 0.25) is 0 Å². The van der Waals surface area contributed by atoms with Crippen molar-refractivity contribution < 1.29 is 0 Å². The number of aryl methyl sites for hydroxylation is 1. The maximum Gasteiger partial charge on any atom is 0.0948 e. The third-order valence-corrected chi connectivity index (χ3v) is 3.70. The lowest BCUT2D eigenvalue weighted by molar-refractivity contribution is 0.679. The summed E-state index contributed by atoms with van der Waals surface area (Å²) in [5.74, 6) is 0. The van der Waals surface area contributed by atoms with Crippen molar-refractivity contribution in [3.8, 4) is 0 Å². The maximum atomic E-state index is 4.21. The predicted molar refractivity (Wildman–Crippen MR) is 76.6 cm³/mol. The molecule has 92 valence electrons. The Bertz CT molecular complexity index is 681. The molecule has 1 aromatic carbocycles. The van der Waals surface area contributed by atoms with Crippen molar-refractivity contribution in [3.63, 3.8) is 0 Å². The van der Waals surface area contributed by atoms with Crippen LogP contribution in [0.4, 0.5) is 0 Å². The molecule has 0 aliphatic carbocycles. The van der Waals surface area contributed by atoms with Crippen LogP contribution in [0.25, 0.3) is 10.9 Å². The Kier molecular flexibility index (Phi) is 2.96. The van der Waals surface area contributed by atoms with Crippen molar-refractivity contribution in [2.45, 2.75) is 20.0 Å². The van der Waals surface area contributed by atoms with Gasteiger partial charge < -0.3 is 9.13 Å². The molecular formula is C14H14BrN3. The summed E-state index contributed by atoms with van der Waals surface area (Å²) in [5, 5.41) is 1.26. The van der Waals surface area contributed by atoms with E-state index >= 15 is 0 Å². The molecule has 0 aliphatic heterocycles. The second-order valence-corrected chi connectivity index (χ2v) is 5.23. The molecule has 0 amide bonds. The van der Waals surface area contributed by atoms with Crippen LogP contribution < -0.4 is 0 Å². The molecule has 2 aromatic heterocycles. The van der Waals surface area contributed by atoms with E-state index in [2.05, 4.69) is 67.4 Å². The zero-order valence-electron chi connectivity index (χ0n) is 10.2. The fourth-order valence-corrected chi connectivity index (χ4v) is 2.58. The van der Waals surface area contributed by atoms with Crippen molar-refractivity contribution in [2.75, 3.05) is 0 Å². The molecule has 3 rings (SSSR count). The first-order valence-electron chi connectivity index (χ1n) is 6.01. The summed E-state index contributed by atoms with van der Waals surface area (Å²) in [6, 6.07) is 8.51. The van der Waals surface area contributed by atoms with E-state index in [1.54, 1.807) is 0 Å². The Hall–Kier alpha value is -1.55. The van der Waals surface area contributed by atoms with Crippen LogP contribution in [-0.4, -0.2) is 14.1 Å². The van der Waals surface area contributed by atoms with Gasteiger partial charge in [0, 0.05) is 28.9 Å². The molecule has 2 heterocycles. The van der Waals surface area contributed by atoms with Gasteiger partial charge in [0.1, 0.15) is 0 Å². The van der Waals surface area contributed by atoms with Crippen LogP contribution >= 0.6 is 15.9 Å². The molecule has 0 fully saturated rings. The van der Waals surface area contributed by atoms with Crippen LogP contribution in [0.3, 0.4) is 0 Å². The molecule has 0 saturated carbocycles. The zero-order chi connectivity index (χ0) is 12.5. The number of rotatable bonds is 3. The number of fused-ring (bicyclic) bond motifs is 1. The molecule has 3 aromatic rings. The Morgan fingerprint density at radius 3 is 2.94 bits per heavy atom. The van der Waals surface area contributed by atoms with Crippen LogP contribution in [0.15, 0.2) is 47.5 Å². The summed E-state index contributed by atoms with van der Waals surface area (Å²) >= 11 is 3.53. The second kappa shape index (κ2) is 4.61. The molecule has 3 nitrogen and oxygen atoms in total. The Balaban J connectivity index is 2.02. The number of hydrogen-bond acceptors (Lipinski definition) is 1. The monoisotopic (exact) mass is 303 g/mol. The van der Waals surface area contributed by atoms with Gasteiger partial charge in [-0.3, -0.25) is 0 Å². The minimum atomic E-state index is 0.855. The van der Waals surface area contributed by atoms with Gasteiger partial charge in [0.05, 0.1) is 18.6 Å². The van der Waals surface area contributed by atoms with Gasteiger partial charge in [-0.15, -0.1) is 0 Å². The van der Waals surface area contributed by atoms with Gasteiger partial charge in [-0.25, -0.2) is 4.98 Å². The van der Waals surface area contributed by atoms with Gasteiger partial charge in [0.25, 0.3) is 0 Å². The van der Waals surface area contributed by atoms with Crippen LogP contribution in [0.1, 0.15) is 12.6 Å². The second-order valence-electron chi connectivity index (χ2n) is 4.32. The fraction of sp³-hybridized carbons (Fsp3) is 0.214. The third kappa shape index (κ3) is 1.97. The van der Waals surface area contributed by atoms with E-state index in [0.717, 1.165) is 17.6 Å². The number of benzene rings is 1. The number of aromatic nitrogens is 3. The van der Waals surface area contributed by atoms with Crippen LogP contribution in [0, 0.1) is 0 Å². The van der Waals surface area contributed by atoms with E-state index in [0.29, 0.717) is 0 Å². The Morgan fingerprint density at radius 2 is 2.11 bits per heavy atom. The quantitative estimate of drug-likeness (QED) is 0.724. The van der Waals surface area contributed by atoms with Crippen molar-refractivity contribution in [3.05, 3.63) is 53.2 Å². The van der Waals surface area contributed by atoms with Gasteiger partial charge in [-0.2, -0.15) is 0 Å². The van der Waals surface area contributed by atoms with E-state index in [1.807, 2.05) is 12.5 Å². The van der Waals surface area contributed by atoms with E-state index in [1.165, 1.54) is 16.6 Å². The number of hydrogen-bond donors (Lipinski definition) is 0. The lowest BCUT2D eigenvalue weighted by Gasteiger charge is -2.08. The molecular weight excluding hydrogens is 290 g/mol. The van der Waals surface area contributed by atoms with Crippen molar-refractivity contribution in [1.29, 1.82) is 0 Å². The lowest BCUT2D eigenvalue weighted by Crippen LogP contribution is -2.04. The summed E-state index contributed by atoms with van der Waals surface area (Å²) in [6.07, 6.45) is 5.95. The zero-order valence-corrected chi connectivity index (χ0v) is 11.8. The predicted octanol–water partition coefficient (Wildman–Crippen LogP) is 3.67. The maximum absolute atomic E-state index is 4.21. The average Bonchev–Trinajstić information content (AvgIpc) is 2.97. The molecule has 0 radical (unpaired) electrons. The number of nitrogens with zero attached hydrogens (tertiary/aromatic N) is 3. The molecule has 4 heteroatoms. The summed E-state index contributed by atoms with van der Waals surface area (Å²) in [6.45, 7) is 3.95. The highest BCUT2D eigenvalue weighted by molar-refractivity contribution is 9.10. The van der Waals surface area contributed by atoms with Crippen molar-refractivity contribution in [2.24, 2.45) is 0 Å². The smallest absolute Gasteiger partial charge is 0.0948 e. The summed E-state index contributed by atoms with van der Waals surface area (Å²) in [7, 11) is 0. The normalized spacial score (nSPS) is 11.2. The molecule has 0 spiro atoms. The summed E-state index contributed by atoms with van der Waals surface area (Å²) in [5.41, 5.74) is 2.48. The standard InChI is InChI=1S/C14H14BrN3/c1-2-17-10-16-8-13(17)9-18-6-5-11-3-4-12(15)7-14(11)18/h3-8,10H,2,9H2,1H3. The first-order chi connectivity index (χ1) is 8.78. The largest absolute Gasteiger partial charge is 0.341 e.